The molecular weight excluding hydrogens is 225 g/mol. The lowest BCUT2D eigenvalue weighted by atomic mass is 9.75. The molecule has 0 aliphatic heterocycles. The van der Waals surface area contributed by atoms with Crippen LogP contribution in [0.3, 0.4) is 0 Å². The zero-order valence-corrected chi connectivity index (χ0v) is 8.79. The third-order valence-corrected chi connectivity index (χ3v) is 3.61. The Hall–Kier alpha value is -0.620. The van der Waals surface area contributed by atoms with Crippen LogP contribution < -0.4 is 5.73 Å². The standard InChI is InChI=1S/C9H11F3N2S/c10-9(11,12)7-14-6(5-15-7)4-8(13)2-1-3-8/h5H,1-4,13H2. The Bertz CT molecular complexity index is 354. The molecular formula is C9H11F3N2S. The van der Waals surface area contributed by atoms with E-state index in [1.807, 2.05) is 0 Å². The molecule has 0 spiro atoms. The summed E-state index contributed by atoms with van der Waals surface area (Å²) in [5.41, 5.74) is 6.10. The molecule has 1 fully saturated rings. The summed E-state index contributed by atoms with van der Waals surface area (Å²) in [4.78, 5) is 3.56. The van der Waals surface area contributed by atoms with Crippen LogP contribution in [0, 0.1) is 0 Å². The highest BCUT2D eigenvalue weighted by Crippen LogP contribution is 2.35. The highest BCUT2D eigenvalue weighted by atomic mass is 32.1. The molecule has 0 saturated heterocycles. The number of nitrogens with two attached hydrogens (primary N) is 1. The van der Waals surface area contributed by atoms with Gasteiger partial charge in [-0.1, -0.05) is 0 Å². The second-order valence-electron chi connectivity index (χ2n) is 4.03. The summed E-state index contributed by atoms with van der Waals surface area (Å²) in [5, 5.41) is 0.677. The fraction of sp³-hybridized carbons (Fsp3) is 0.667. The van der Waals surface area contributed by atoms with E-state index < -0.39 is 11.2 Å². The van der Waals surface area contributed by atoms with Crippen LogP contribution in [-0.4, -0.2) is 10.5 Å². The molecule has 1 aromatic heterocycles. The average Bonchev–Trinajstić information content (AvgIpc) is 2.49. The molecule has 2 nitrogen and oxygen atoms in total. The largest absolute Gasteiger partial charge is 0.443 e. The number of hydrogen-bond acceptors (Lipinski definition) is 3. The first kappa shape index (κ1) is 10.9. The van der Waals surface area contributed by atoms with Gasteiger partial charge >= 0.3 is 6.18 Å². The maximum atomic E-state index is 12.2. The molecule has 1 heterocycles. The van der Waals surface area contributed by atoms with Gasteiger partial charge in [-0.3, -0.25) is 0 Å². The zero-order valence-electron chi connectivity index (χ0n) is 7.97. The van der Waals surface area contributed by atoms with Gasteiger partial charge in [-0.15, -0.1) is 11.3 Å². The number of thiazole rings is 1. The Balaban J connectivity index is 2.07. The van der Waals surface area contributed by atoms with Crippen LogP contribution in [0.5, 0.6) is 0 Å². The normalized spacial score (nSPS) is 20.0. The van der Waals surface area contributed by atoms with E-state index in [-0.39, 0.29) is 5.54 Å². The predicted molar refractivity (Wildman–Crippen MR) is 51.6 cm³/mol. The zero-order chi connectivity index (χ0) is 11.1. The van der Waals surface area contributed by atoms with Crippen LogP contribution in [0.2, 0.25) is 0 Å². The topological polar surface area (TPSA) is 38.9 Å². The van der Waals surface area contributed by atoms with Gasteiger partial charge in [0.1, 0.15) is 0 Å². The van der Waals surface area contributed by atoms with E-state index in [4.69, 9.17) is 5.73 Å². The minimum atomic E-state index is -4.33. The molecule has 2 N–H and O–H groups in total. The van der Waals surface area contributed by atoms with Gasteiger partial charge in [0.15, 0.2) is 5.01 Å². The molecule has 0 bridgehead atoms. The van der Waals surface area contributed by atoms with Crippen LogP contribution in [0.4, 0.5) is 13.2 Å². The summed E-state index contributed by atoms with van der Waals surface area (Å²) in [6.07, 6.45) is -1.05. The minimum Gasteiger partial charge on any atom is -0.325 e. The van der Waals surface area contributed by atoms with Crippen molar-refractivity contribution >= 4 is 11.3 Å². The third kappa shape index (κ3) is 2.31. The van der Waals surface area contributed by atoms with Crippen LogP contribution >= 0.6 is 11.3 Å². The van der Waals surface area contributed by atoms with Crippen LogP contribution in [0.15, 0.2) is 5.38 Å². The molecule has 1 aliphatic carbocycles. The van der Waals surface area contributed by atoms with Crippen LogP contribution in [-0.2, 0) is 12.6 Å². The number of aromatic nitrogens is 1. The molecule has 1 aliphatic rings. The van der Waals surface area contributed by atoms with E-state index in [2.05, 4.69) is 4.98 Å². The Morgan fingerprint density at radius 2 is 2.13 bits per heavy atom. The lowest BCUT2D eigenvalue weighted by Gasteiger charge is -2.37. The van der Waals surface area contributed by atoms with Crippen molar-refractivity contribution in [1.82, 2.24) is 4.98 Å². The summed E-state index contributed by atoms with van der Waals surface area (Å²) in [5.74, 6) is 0. The Morgan fingerprint density at radius 1 is 1.47 bits per heavy atom. The number of rotatable bonds is 2. The van der Waals surface area contributed by atoms with E-state index in [0.717, 1.165) is 19.3 Å². The van der Waals surface area contributed by atoms with Gasteiger partial charge in [0, 0.05) is 17.3 Å². The lowest BCUT2D eigenvalue weighted by molar-refractivity contribution is -0.137. The maximum Gasteiger partial charge on any atom is 0.443 e. The van der Waals surface area contributed by atoms with E-state index in [9.17, 15) is 13.2 Å². The lowest BCUT2D eigenvalue weighted by Crippen LogP contribution is -2.48. The highest BCUT2D eigenvalue weighted by Gasteiger charge is 2.37. The number of nitrogens with zero attached hydrogens (tertiary/aromatic N) is 1. The van der Waals surface area contributed by atoms with Crippen molar-refractivity contribution in [2.45, 2.75) is 37.4 Å². The van der Waals surface area contributed by atoms with Gasteiger partial charge in [0.2, 0.25) is 0 Å². The summed E-state index contributed by atoms with van der Waals surface area (Å²) in [6.45, 7) is 0. The molecule has 84 valence electrons. The first-order valence-electron chi connectivity index (χ1n) is 4.70. The van der Waals surface area contributed by atoms with E-state index in [1.165, 1.54) is 5.38 Å². The van der Waals surface area contributed by atoms with Crippen LogP contribution in [0.25, 0.3) is 0 Å². The van der Waals surface area contributed by atoms with Crippen molar-refractivity contribution in [2.75, 3.05) is 0 Å². The van der Waals surface area contributed by atoms with Gasteiger partial charge in [0.25, 0.3) is 0 Å². The maximum absolute atomic E-state index is 12.2. The van der Waals surface area contributed by atoms with E-state index in [0.29, 0.717) is 23.5 Å². The highest BCUT2D eigenvalue weighted by molar-refractivity contribution is 7.09. The van der Waals surface area contributed by atoms with Gasteiger partial charge in [-0.2, -0.15) is 13.2 Å². The van der Waals surface area contributed by atoms with Crippen LogP contribution in [0.1, 0.15) is 30.0 Å². The van der Waals surface area contributed by atoms with Gasteiger partial charge < -0.3 is 5.73 Å². The van der Waals surface area contributed by atoms with Crippen molar-refractivity contribution in [3.05, 3.63) is 16.1 Å². The average molecular weight is 236 g/mol. The summed E-state index contributed by atoms with van der Waals surface area (Å²) in [6, 6.07) is 0. The fourth-order valence-electron chi connectivity index (χ4n) is 1.69. The second-order valence-corrected chi connectivity index (χ2v) is 4.89. The van der Waals surface area contributed by atoms with Crippen molar-refractivity contribution in [3.63, 3.8) is 0 Å². The smallest absolute Gasteiger partial charge is 0.325 e. The molecule has 0 unspecified atom stereocenters. The fourth-order valence-corrected chi connectivity index (χ4v) is 2.37. The number of alkyl halides is 3. The number of hydrogen-bond donors (Lipinski definition) is 1. The first-order chi connectivity index (χ1) is 6.89. The number of halogens is 3. The molecule has 15 heavy (non-hydrogen) atoms. The molecule has 0 atom stereocenters. The Labute approximate surface area is 89.3 Å². The molecule has 2 rings (SSSR count). The summed E-state index contributed by atoms with van der Waals surface area (Å²) < 4.78 is 36.7. The monoisotopic (exact) mass is 236 g/mol. The Kier molecular flexibility index (Phi) is 2.50. The second kappa shape index (κ2) is 3.45. The van der Waals surface area contributed by atoms with Crippen molar-refractivity contribution < 1.29 is 13.2 Å². The van der Waals surface area contributed by atoms with Gasteiger partial charge in [0.05, 0.1) is 5.69 Å². The molecule has 1 aromatic rings. The molecule has 0 radical (unpaired) electrons. The van der Waals surface area contributed by atoms with Gasteiger partial charge in [-0.05, 0) is 19.3 Å². The quantitative estimate of drug-likeness (QED) is 0.857. The first-order valence-corrected chi connectivity index (χ1v) is 5.58. The summed E-state index contributed by atoms with van der Waals surface area (Å²) >= 11 is 0.640. The van der Waals surface area contributed by atoms with E-state index in [1.54, 1.807) is 0 Å². The van der Waals surface area contributed by atoms with Crippen molar-refractivity contribution in [1.29, 1.82) is 0 Å². The van der Waals surface area contributed by atoms with E-state index >= 15 is 0 Å². The SMILES string of the molecule is NC1(Cc2csc(C(F)(F)F)n2)CCC1. The predicted octanol–water partition coefficient (Wildman–Crippen LogP) is 2.59. The molecule has 0 aromatic carbocycles. The summed E-state index contributed by atoms with van der Waals surface area (Å²) in [7, 11) is 0. The Morgan fingerprint density at radius 3 is 2.53 bits per heavy atom. The van der Waals surface area contributed by atoms with Crippen molar-refractivity contribution in [3.8, 4) is 0 Å². The van der Waals surface area contributed by atoms with Gasteiger partial charge in [-0.25, -0.2) is 4.98 Å². The third-order valence-electron chi connectivity index (χ3n) is 2.68. The van der Waals surface area contributed by atoms with Crippen molar-refractivity contribution in [2.24, 2.45) is 5.73 Å². The molecule has 0 amide bonds. The molecule has 1 saturated carbocycles. The minimum absolute atomic E-state index is 0.309. The molecule has 6 heteroatoms.